The Morgan fingerprint density at radius 2 is 2.00 bits per heavy atom. The fourth-order valence-corrected chi connectivity index (χ4v) is 3.46. The second-order valence-corrected chi connectivity index (χ2v) is 6.86. The standard InChI is InChI=1S/C18H28N2O4S/c1-5-14(6-2)11-19(7-3)18(21)13-25-12-15-8-9-17(24-4)16(10-15)20(22)23/h8-10,14H,5-7,11-13H2,1-4H3. The lowest BCUT2D eigenvalue weighted by molar-refractivity contribution is -0.385. The van der Waals surface area contributed by atoms with E-state index < -0.39 is 4.92 Å². The van der Waals surface area contributed by atoms with Crippen LogP contribution in [-0.4, -0.2) is 41.7 Å². The molecule has 0 radical (unpaired) electrons. The third-order valence-corrected chi connectivity index (χ3v) is 5.29. The summed E-state index contributed by atoms with van der Waals surface area (Å²) < 4.78 is 5.00. The zero-order valence-electron chi connectivity index (χ0n) is 15.5. The van der Waals surface area contributed by atoms with Crippen molar-refractivity contribution in [3.05, 3.63) is 33.9 Å². The first-order chi connectivity index (χ1) is 12.0. The molecule has 0 N–H and O–H groups in total. The molecular weight excluding hydrogens is 340 g/mol. The van der Waals surface area contributed by atoms with Crippen molar-refractivity contribution in [2.45, 2.75) is 39.4 Å². The minimum Gasteiger partial charge on any atom is -0.490 e. The molecule has 1 aromatic carbocycles. The van der Waals surface area contributed by atoms with Crippen molar-refractivity contribution in [3.63, 3.8) is 0 Å². The van der Waals surface area contributed by atoms with E-state index in [-0.39, 0.29) is 17.3 Å². The molecule has 0 saturated carbocycles. The molecule has 0 aromatic heterocycles. The number of hydrogen-bond donors (Lipinski definition) is 0. The smallest absolute Gasteiger partial charge is 0.311 e. The Morgan fingerprint density at radius 3 is 2.52 bits per heavy atom. The average Bonchev–Trinajstić information content (AvgIpc) is 2.62. The average molecular weight is 368 g/mol. The normalized spacial score (nSPS) is 10.8. The zero-order chi connectivity index (χ0) is 18.8. The van der Waals surface area contributed by atoms with Crippen LogP contribution in [0.1, 0.15) is 39.2 Å². The third-order valence-electron chi connectivity index (χ3n) is 4.30. The van der Waals surface area contributed by atoms with E-state index in [1.54, 1.807) is 12.1 Å². The van der Waals surface area contributed by atoms with Crippen LogP contribution >= 0.6 is 11.8 Å². The summed E-state index contributed by atoms with van der Waals surface area (Å²) in [7, 11) is 1.41. The number of thioether (sulfide) groups is 1. The first kappa shape index (κ1) is 21.3. The summed E-state index contributed by atoms with van der Waals surface area (Å²) in [5, 5.41) is 11.1. The number of rotatable bonds is 11. The van der Waals surface area contributed by atoms with Crippen molar-refractivity contribution in [2.75, 3.05) is 26.0 Å². The number of ether oxygens (including phenoxy) is 1. The molecule has 0 bridgehead atoms. The largest absolute Gasteiger partial charge is 0.490 e. The molecule has 140 valence electrons. The fourth-order valence-electron chi connectivity index (χ4n) is 2.58. The quantitative estimate of drug-likeness (QED) is 0.434. The van der Waals surface area contributed by atoms with Gasteiger partial charge in [0, 0.05) is 24.9 Å². The van der Waals surface area contributed by atoms with Gasteiger partial charge in [-0.05, 0) is 24.5 Å². The molecule has 1 rings (SSSR count). The van der Waals surface area contributed by atoms with E-state index in [0.29, 0.717) is 24.0 Å². The molecule has 0 saturated heterocycles. The van der Waals surface area contributed by atoms with E-state index in [1.807, 2.05) is 11.8 Å². The van der Waals surface area contributed by atoms with E-state index in [9.17, 15) is 14.9 Å². The molecule has 1 amide bonds. The van der Waals surface area contributed by atoms with E-state index in [1.165, 1.54) is 24.9 Å². The lowest BCUT2D eigenvalue weighted by Crippen LogP contribution is -2.36. The van der Waals surface area contributed by atoms with Gasteiger partial charge in [0.1, 0.15) is 0 Å². The molecule has 1 aromatic rings. The highest BCUT2D eigenvalue weighted by Crippen LogP contribution is 2.29. The molecule has 7 heteroatoms. The predicted molar refractivity (Wildman–Crippen MR) is 102 cm³/mol. The summed E-state index contributed by atoms with van der Waals surface area (Å²) in [4.78, 5) is 24.9. The number of amides is 1. The van der Waals surface area contributed by atoms with Crippen molar-refractivity contribution in [3.8, 4) is 5.75 Å². The van der Waals surface area contributed by atoms with Gasteiger partial charge < -0.3 is 9.64 Å². The van der Waals surface area contributed by atoms with E-state index in [2.05, 4.69) is 13.8 Å². The number of nitro groups is 1. The number of methoxy groups -OCH3 is 1. The topological polar surface area (TPSA) is 72.7 Å². The highest BCUT2D eigenvalue weighted by Gasteiger charge is 2.17. The molecule has 0 aliphatic rings. The number of carbonyl (C=O) groups is 1. The highest BCUT2D eigenvalue weighted by atomic mass is 32.2. The van der Waals surface area contributed by atoms with Gasteiger partial charge in [0.05, 0.1) is 17.8 Å². The van der Waals surface area contributed by atoms with Crippen LogP contribution in [0.25, 0.3) is 0 Å². The van der Waals surface area contributed by atoms with Crippen molar-refractivity contribution in [1.82, 2.24) is 4.90 Å². The van der Waals surface area contributed by atoms with Crippen molar-refractivity contribution >= 4 is 23.4 Å². The maximum atomic E-state index is 12.4. The monoisotopic (exact) mass is 368 g/mol. The van der Waals surface area contributed by atoms with Crippen LogP contribution in [0.2, 0.25) is 0 Å². The zero-order valence-corrected chi connectivity index (χ0v) is 16.3. The second kappa shape index (κ2) is 11.0. The van der Waals surface area contributed by atoms with Crippen LogP contribution < -0.4 is 4.74 Å². The lowest BCUT2D eigenvalue weighted by atomic mass is 10.0. The van der Waals surface area contributed by atoms with Gasteiger partial charge in [-0.25, -0.2) is 0 Å². The molecule has 0 fully saturated rings. The lowest BCUT2D eigenvalue weighted by Gasteiger charge is -2.25. The molecule has 0 unspecified atom stereocenters. The van der Waals surface area contributed by atoms with E-state index >= 15 is 0 Å². The molecule has 0 spiro atoms. The van der Waals surface area contributed by atoms with Gasteiger partial charge in [0.25, 0.3) is 0 Å². The van der Waals surface area contributed by atoms with Crippen LogP contribution in [0, 0.1) is 16.0 Å². The van der Waals surface area contributed by atoms with Crippen LogP contribution in [0.5, 0.6) is 5.75 Å². The number of hydrogen-bond acceptors (Lipinski definition) is 5. The Labute approximate surface area is 154 Å². The molecule has 0 heterocycles. The van der Waals surface area contributed by atoms with Crippen LogP contribution in [0.4, 0.5) is 5.69 Å². The minimum absolute atomic E-state index is 0.0455. The molecule has 6 nitrogen and oxygen atoms in total. The van der Waals surface area contributed by atoms with Crippen LogP contribution in [0.3, 0.4) is 0 Å². The molecule has 0 aliphatic carbocycles. The van der Waals surface area contributed by atoms with Crippen molar-refractivity contribution < 1.29 is 14.5 Å². The van der Waals surface area contributed by atoms with Gasteiger partial charge in [0.15, 0.2) is 5.75 Å². The summed E-state index contributed by atoms with van der Waals surface area (Å²) in [6.45, 7) is 7.81. The van der Waals surface area contributed by atoms with Crippen molar-refractivity contribution in [2.24, 2.45) is 5.92 Å². The second-order valence-electron chi connectivity index (χ2n) is 5.87. The Balaban J connectivity index is 2.59. The van der Waals surface area contributed by atoms with Gasteiger partial charge in [0.2, 0.25) is 5.91 Å². The van der Waals surface area contributed by atoms with Gasteiger partial charge in [-0.1, -0.05) is 32.8 Å². The molecule has 25 heavy (non-hydrogen) atoms. The summed E-state index contributed by atoms with van der Waals surface area (Å²) >= 11 is 1.48. The van der Waals surface area contributed by atoms with Gasteiger partial charge in [-0.3, -0.25) is 14.9 Å². The van der Waals surface area contributed by atoms with E-state index in [0.717, 1.165) is 24.9 Å². The van der Waals surface area contributed by atoms with Gasteiger partial charge >= 0.3 is 5.69 Å². The summed E-state index contributed by atoms with van der Waals surface area (Å²) in [5.74, 6) is 1.85. The maximum Gasteiger partial charge on any atom is 0.311 e. The van der Waals surface area contributed by atoms with E-state index in [4.69, 9.17) is 4.74 Å². The van der Waals surface area contributed by atoms with Crippen LogP contribution in [-0.2, 0) is 10.5 Å². The SMILES string of the molecule is CCC(CC)CN(CC)C(=O)CSCc1ccc(OC)c([N+](=O)[O-])c1. The maximum absolute atomic E-state index is 12.4. The Kier molecular flexibility index (Phi) is 9.34. The summed E-state index contributed by atoms with van der Waals surface area (Å²) in [6.07, 6.45) is 2.14. The summed E-state index contributed by atoms with van der Waals surface area (Å²) in [5.41, 5.74) is 0.768. The minimum atomic E-state index is -0.452. The first-order valence-corrected chi connectivity index (χ1v) is 9.78. The molecule has 0 aliphatic heterocycles. The third kappa shape index (κ3) is 6.57. The number of nitro benzene ring substituents is 1. The Hall–Kier alpha value is -1.76. The highest BCUT2D eigenvalue weighted by molar-refractivity contribution is 7.99. The Morgan fingerprint density at radius 1 is 1.32 bits per heavy atom. The van der Waals surface area contributed by atoms with Crippen molar-refractivity contribution in [1.29, 1.82) is 0 Å². The van der Waals surface area contributed by atoms with Gasteiger partial charge in [-0.15, -0.1) is 11.8 Å². The molecular formula is C18H28N2O4S. The fraction of sp³-hybridized carbons (Fsp3) is 0.611. The summed E-state index contributed by atoms with van der Waals surface area (Å²) in [6, 6.07) is 4.91. The Bertz CT molecular complexity index is 576. The predicted octanol–water partition coefficient (Wildman–Crippen LogP) is 4.12. The number of benzene rings is 1. The number of carbonyl (C=O) groups excluding carboxylic acids is 1. The van der Waals surface area contributed by atoms with Gasteiger partial charge in [-0.2, -0.15) is 0 Å². The first-order valence-electron chi connectivity index (χ1n) is 8.63. The molecule has 0 atom stereocenters. The van der Waals surface area contributed by atoms with Crippen LogP contribution in [0.15, 0.2) is 18.2 Å². The number of nitrogens with zero attached hydrogens (tertiary/aromatic N) is 2.